The molecule has 2 nitrogen and oxygen atoms in total. The summed E-state index contributed by atoms with van der Waals surface area (Å²) in [5.74, 6) is 3.08. The molecule has 4 saturated carbocycles. The number of aromatic nitrogens is 1. The molecule has 4 aliphatic carbocycles. The van der Waals surface area contributed by atoms with Gasteiger partial charge in [-0.05, 0) is 75.7 Å². The van der Waals surface area contributed by atoms with Crippen molar-refractivity contribution in [2.24, 2.45) is 17.8 Å². The van der Waals surface area contributed by atoms with Crippen LogP contribution in [-0.2, 0) is 5.41 Å². The summed E-state index contributed by atoms with van der Waals surface area (Å²) in [5.41, 5.74) is 1.84. The summed E-state index contributed by atoms with van der Waals surface area (Å²) in [7, 11) is 0. The molecule has 20 heavy (non-hydrogen) atoms. The third kappa shape index (κ3) is 1.75. The van der Waals surface area contributed by atoms with Gasteiger partial charge in [-0.15, -0.1) is 11.3 Å². The summed E-state index contributed by atoms with van der Waals surface area (Å²) in [4.78, 5) is 5.14. The van der Waals surface area contributed by atoms with Crippen molar-refractivity contribution in [1.29, 1.82) is 0 Å². The molecular weight excluding hydrogens is 264 g/mol. The Hall–Kier alpha value is -0.410. The lowest BCUT2D eigenvalue weighted by molar-refractivity contribution is -0.00535. The summed E-state index contributed by atoms with van der Waals surface area (Å²) in [5, 5.41) is 7.46. The summed E-state index contributed by atoms with van der Waals surface area (Å²) in [6, 6.07) is 0.550. The fourth-order valence-corrected chi connectivity index (χ4v) is 7.11. The van der Waals surface area contributed by atoms with Gasteiger partial charge in [0.05, 0.1) is 16.7 Å². The molecule has 1 aliphatic heterocycles. The van der Waals surface area contributed by atoms with Crippen LogP contribution in [0.1, 0.15) is 68.1 Å². The standard InChI is InChI=1S/C17H24N2S/c1-2-14(18-3-1)15-10-20-16(19-15)17-7-11-4-12(8-17)6-13(5-11)9-17/h10-14,18H,1-9H2. The van der Waals surface area contributed by atoms with Gasteiger partial charge in [0.2, 0.25) is 0 Å². The Morgan fingerprint density at radius 1 is 1.10 bits per heavy atom. The fourth-order valence-electron chi connectivity index (χ4n) is 6.00. The predicted octanol–water partition coefficient (Wildman–Crippen LogP) is 4.04. The molecule has 3 heteroatoms. The smallest absolute Gasteiger partial charge is 0.0991 e. The first-order chi connectivity index (χ1) is 9.81. The maximum Gasteiger partial charge on any atom is 0.0991 e. The SMILES string of the molecule is c1sc(C23CC4CC(CC(C4)C2)C3)nc1C1CCCN1. The van der Waals surface area contributed by atoms with Crippen molar-refractivity contribution in [3.63, 3.8) is 0 Å². The fraction of sp³-hybridized carbons (Fsp3) is 0.824. The van der Waals surface area contributed by atoms with Crippen LogP contribution in [0.2, 0.25) is 0 Å². The molecule has 0 aromatic carbocycles. The third-order valence-electron chi connectivity index (χ3n) is 6.43. The minimum absolute atomic E-state index is 0.496. The third-order valence-corrected chi connectivity index (χ3v) is 7.54. The highest BCUT2D eigenvalue weighted by Crippen LogP contribution is 2.61. The second kappa shape index (κ2) is 4.30. The van der Waals surface area contributed by atoms with Crippen LogP contribution in [0.3, 0.4) is 0 Å². The van der Waals surface area contributed by atoms with Crippen molar-refractivity contribution in [3.8, 4) is 0 Å². The first-order valence-electron chi connectivity index (χ1n) is 8.50. The van der Waals surface area contributed by atoms with E-state index in [0.29, 0.717) is 11.5 Å². The highest BCUT2D eigenvalue weighted by atomic mass is 32.1. The first kappa shape index (κ1) is 12.2. The number of thiazole rings is 1. The molecule has 5 fully saturated rings. The summed E-state index contributed by atoms with van der Waals surface area (Å²) < 4.78 is 0. The highest BCUT2D eigenvalue weighted by molar-refractivity contribution is 7.09. The number of hydrogen-bond donors (Lipinski definition) is 1. The second-order valence-corrected chi connectivity index (χ2v) is 8.78. The van der Waals surface area contributed by atoms with E-state index < -0.39 is 0 Å². The Labute approximate surface area is 125 Å². The second-order valence-electron chi connectivity index (χ2n) is 7.92. The van der Waals surface area contributed by atoms with Gasteiger partial charge in [-0.25, -0.2) is 4.98 Å². The molecule has 1 aromatic rings. The van der Waals surface area contributed by atoms with E-state index in [2.05, 4.69) is 10.7 Å². The molecule has 5 aliphatic rings. The molecule has 1 unspecified atom stereocenters. The van der Waals surface area contributed by atoms with Gasteiger partial charge < -0.3 is 5.32 Å². The lowest BCUT2D eigenvalue weighted by Gasteiger charge is -2.56. The molecule has 0 radical (unpaired) electrons. The van der Waals surface area contributed by atoms with Gasteiger partial charge >= 0.3 is 0 Å². The molecule has 1 atom stereocenters. The van der Waals surface area contributed by atoms with Gasteiger partial charge in [-0.2, -0.15) is 0 Å². The van der Waals surface area contributed by atoms with Gasteiger partial charge in [0.15, 0.2) is 0 Å². The summed E-state index contributed by atoms with van der Waals surface area (Å²) in [6.45, 7) is 1.18. The summed E-state index contributed by atoms with van der Waals surface area (Å²) >= 11 is 1.97. The van der Waals surface area contributed by atoms with E-state index in [1.54, 1.807) is 0 Å². The van der Waals surface area contributed by atoms with E-state index in [4.69, 9.17) is 4.98 Å². The lowest BCUT2D eigenvalue weighted by Crippen LogP contribution is -2.48. The molecule has 2 heterocycles. The number of nitrogens with one attached hydrogen (secondary N) is 1. The van der Waals surface area contributed by atoms with Crippen LogP contribution in [0.5, 0.6) is 0 Å². The molecule has 108 valence electrons. The van der Waals surface area contributed by atoms with Crippen molar-refractivity contribution < 1.29 is 0 Å². The van der Waals surface area contributed by atoms with Crippen molar-refractivity contribution >= 4 is 11.3 Å². The maximum absolute atomic E-state index is 5.14. The number of nitrogens with zero attached hydrogens (tertiary/aromatic N) is 1. The van der Waals surface area contributed by atoms with Crippen molar-refractivity contribution in [1.82, 2.24) is 10.3 Å². The zero-order chi connectivity index (χ0) is 13.2. The van der Waals surface area contributed by atoms with Gasteiger partial charge in [0, 0.05) is 10.8 Å². The van der Waals surface area contributed by atoms with E-state index in [9.17, 15) is 0 Å². The molecular formula is C17H24N2S. The van der Waals surface area contributed by atoms with Crippen molar-refractivity contribution in [2.75, 3.05) is 6.54 Å². The average Bonchev–Trinajstić information content (AvgIpc) is 3.09. The first-order valence-corrected chi connectivity index (χ1v) is 9.38. The van der Waals surface area contributed by atoms with Crippen molar-refractivity contribution in [3.05, 3.63) is 16.1 Å². The predicted molar refractivity (Wildman–Crippen MR) is 81.9 cm³/mol. The highest BCUT2D eigenvalue weighted by Gasteiger charge is 2.53. The van der Waals surface area contributed by atoms with Gasteiger partial charge in [-0.3, -0.25) is 0 Å². The Morgan fingerprint density at radius 3 is 2.40 bits per heavy atom. The van der Waals surface area contributed by atoms with Gasteiger partial charge in [0.25, 0.3) is 0 Å². The van der Waals surface area contributed by atoms with E-state index in [1.807, 2.05) is 11.3 Å². The van der Waals surface area contributed by atoms with E-state index in [1.165, 1.54) is 68.6 Å². The van der Waals surface area contributed by atoms with Crippen LogP contribution in [0.4, 0.5) is 0 Å². The van der Waals surface area contributed by atoms with E-state index in [0.717, 1.165) is 17.8 Å². The van der Waals surface area contributed by atoms with Gasteiger partial charge in [0.1, 0.15) is 0 Å². The maximum atomic E-state index is 5.14. The van der Waals surface area contributed by atoms with E-state index in [-0.39, 0.29) is 0 Å². The van der Waals surface area contributed by atoms with Crippen LogP contribution < -0.4 is 5.32 Å². The molecule has 0 spiro atoms. The quantitative estimate of drug-likeness (QED) is 0.888. The van der Waals surface area contributed by atoms with Gasteiger partial charge in [-0.1, -0.05) is 0 Å². The average molecular weight is 288 g/mol. The minimum atomic E-state index is 0.496. The zero-order valence-electron chi connectivity index (χ0n) is 12.1. The Bertz CT molecular complexity index is 480. The largest absolute Gasteiger partial charge is 0.309 e. The van der Waals surface area contributed by atoms with Crippen LogP contribution in [0.15, 0.2) is 5.38 Å². The number of rotatable bonds is 2. The monoisotopic (exact) mass is 288 g/mol. The number of hydrogen-bond acceptors (Lipinski definition) is 3. The topological polar surface area (TPSA) is 24.9 Å². The lowest BCUT2D eigenvalue weighted by atomic mass is 9.50. The van der Waals surface area contributed by atoms with Crippen LogP contribution in [0, 0.1) is 17.8 Å². The Morgan fingerprint density at radius 2 is 1.80 bits per heavy atom. The molecule has 1 N–H and O–H groups in total. The summed E-state index contributed by atoms with van der Waals surface area (Å²) in [6.07, 6.45) is 11.5. The molecule has 1 aromatic heterocycles. The van der Waals surface area contributed by atoms with E-state index >= 15 is 0 Å². The molecule has 4 bridgehead atoms. The van der Waals surface area contributed by atoms with Crippen LogP contribution in [0.25, 0.3) is 0 Å². The zero-order valence-corrected chi connectivity index (χ0v) is 12.9. The minimum Gasteiger partial charge on any atom is -0.309 e. The Kier molecular flexibility index (Phi) is 2.61. The molecule has 0 amide bonds. The van der Waals surface area contributed by atoms with Crippen molar-refractivity contribution in [2.45, 2.75) is 62.8 Å². The normalized spacial score (nSPS) is 46.2. The Balaban J connectivity index is 1.47. The molecule has 1 saturated heterocycles. The van der Waals surface area contributed by atoms with Crippen LogP contribution >= 0.6 is 11.3 Å². The molecule has 6 rings (SSSR count). The van der Waals surface area contributed by atoms with Crippen LogP contribution in [-0.4, -0.2) is 11.5 Å².